The Balaban J connectivity index is 2.59. The second-order valence-corrected chi connectivity index (χ2v) is 4.18. The highest BCUT2D eigenvalue weighted by Crippen LogP contribution is 2.14. The fourth-order valence-corrected chi connectivity index (χ4v) is 1.56. The molecule has 0 unspecified atom stereocenters. The predicted molar refractivity (Wildman–Crippen MR) is 67.0 cm³/mol. The normalized spacial score (nSPS) is 11.9. The number of aryl methyl sites for hydroxylation is 1. The Bertz CT molecular complexity index is 415. The van der Waals surface area contributed by atoms with E-state index in [1.807, 2.05) is 26.0 Å². The van der Waals surface area contributed by atoms with E-state index in [0.717, 1.165) is 17.7 Å². The molecule has 0 aliphatic heterocycles. The highest BCUT2D eigenvalue weighted by atomic mass is 16.4. The third-order valence-electron chi connectivity index (χ3n) is 2.60. The summed E-state index contributed by atoms with van der Waals surface area (Å²) in [6.07, 6.45) is 2.32. The molecular weight excluding hydrogens is 232 g/mol. The summed E-state index contributed by atoms with van der Waals surface area (Å²) in [4.78, 5) is 26.2. The molecule has 5 heteroatoms. The maximum absolute atomic E-state index is 11.6. The summed E-state index contributed by atoms with van der Waals surface area (Å²) in [7, 11) is 0. The molecule has 1 atom stereocenters. The lowest BCUT2D eigenvalue weighted by Crippen LogP contribution is -2.29. The molecule has 1 amide bonds. The van der Waals surface area contributed by atoms with Crippen molar-refractivity contribution in [1.82, 2.24) is 10.3 Å². The van der Waals surface area contributed by atoms with Gasteiger partial charge in [0.15, 0.2) is 0 Å². The van der Waals surface area contributed by atoms with Crippen LogP contribution in [0.2, 0.25) is 0 Å². The smallest absolute Gasteiger partial charge is 0.303 e. The Hall–Kier alpha value is -1.91. The second-order valence-electron chi connectivity index (χ2n) is 4.18. The number of nitrogens with zero attached hydrogens (tertiary/aromatic N) is 1. The van der Waals surface area contributed by atoms with Crippen molar-refractivity contribution in [3.8, 4) is 0 Å². The van der Waals surface area contributed by atoms with Crippen molar-refractivity contribution >= 4 is 11.9 Å². The van der Waals surface area contributed by atoms with Gasteiger partial charge in [0.1, 0.15) is 0 Å². The average Bonchev–Trinajstić information content (AvgIpc) is 2.34. The van der Waals surface area contributed by atoms with Crippen LogP contribution < -0.4 is 5.32 Å². The van der Waals surface area contributed by atoms with Crippen molar-refractivity contribution in [2.45, 2.75) is 39.2 Å². The third-order valence-corrected chi connectivity index (χ3v) is 2.60. The molecule has 0 bridgehead atoms. The number of hydrogen-bond acceptors (Lipinski definition) is 3. The summed E-state index contributed by atoms with van der Waals surface area (Å²) in [5, 5.41) is 11.3. The van der Waals surface area contributed by atoms with Gasteiger partial charge in [-0.15, -0.1) is 0 Å². The first-order chi connectivity index (χ1) is 8.52. The minimum Gasteiger partial charge on any atom is -0.481 e. The van der Waals surface area contributed by atoms with Gasteiger partial charge in [0.2, 0.25) is 5.91 Å². The van der Waals surface area contributed by atoms with Crippen molar-refractivity contribution in [2.24, 2.45) is 0 Å². The number of carbonyl (C=O) groups excluding carboxylic acids is 1. The minimum absolute atomic E-state index is 0.00229. The van der Waals surface area contributed by atoms with Gasteiger partial charge in [-0.1, -0.05) is 13.0 Å². The van der Waals surface area contributed by atoms with Crippen LogP contribution in [0.15, 0.2) is 18.3 Å². The van der Waals surface area contributed by atoms with Crippen molar-refractivity contribution in [2.75, 3.05) is 0 Å². The van der Waals surface area contributed by atoms with Gasteiger partial charge in [-0.3, -0.25) is 14.6 Å². The Morgan fingerprint density at radius 2 is 2.11 bits per heavy atom. The number of aliphatic carboxylic acids is 1. The maximum atomic E-state index is 11.6. The first kappa shape index (κ1) is 14.2. The molecule has 5 nitrogen and oxygen atoms in total. The van der Waals surface area contributed by atoms with E-state index in [4.69, 9.17) is 5.11 Å². The van der Waals surface area contributed by atoms with Crippen molar-refractivity contribution in [1.29, 1.82) is 0 Å². The van der Waals surface area contributed by atoms with Crippen LogP contribution >= 0.6 is 0 Å². The van der Waals surface area contributed by atoms with Gasteiger partial charge >= 0.3 is 5.97 Å². The van der Waals surface area contributed by atoms with Crippen LogP contribution in [0, 0.1) is 6.92 Å². The van der Waals surface area contributed by atoms with E-state index >= 15 is 0 Å². The van der Waals surface area contributed by atoms with Gasteiger partial charge in [0.05, 0.1) is 18.2 Å². The standard InChI is InChI=1S/C13H18N2O3/c1-3-10(11-5-4-9(2)8-14-11)15-12(16)6-7-13(17)18/h4-5,8,10H,3,6-7H2,1-2H3,(H,15,16)(H,17,18)/t10-/m1/s1. The summed E-state index contributed by atoms with van der Waals surface area (Å²) in [6.45, 7) is 3.90. The minimum atomic E-state index is -0.966. The number of amides is 1. The monoisotopic (exact) mass is 250 g/mol. The van der Waals surface area contributed by atoms with E-state index in [2.05, 4.69) is 10.3 Å². The van der Waals surface area contributed by atoms with Crippen LogP contribution in [0.3, 0.4) is 0 Å². The molecule has 0 aliphatic rings. The molecule has 1 aromatic rings. The second kappa shape index (κ2) is 6.74. The molecule has 98 valence electrons. The van der Waals surface area contributed by atoms with Gasteiger partial charge in [0.25, 0.3) is 0 Å². The van der Waals surface area contributed by atoms with Crippen LogP contribution in [0.4, 0.5) is 0 Å². The van der Waals surface area contributed by atoms with Crippen molar-refractivity contribution < 1.29 is 14.7 Å². The Kier molecular flexibility index (Phi) is 5.30. The first-order valence-electron chi connectivity index (χ1n) is 5.96. The number of rotatable bonds is 6. The summed E-state index contributed by atoms with van der Waals surface area (Å²) in [5.41, 5.74) is 1.86. The number of nitrogens with one attached hydrogen (secondary N) is 1. The van der Waals surface area contributed by atoms with Gasteiger partial charge in [-0.25, -0.2) is 0 Å². The molecule has 0 aliphatic carbocycles. The van der Waals surface area contributed by atoms with E-state index in [-0.39, 0.29) is 24.8 Å². The van der Waals surface area contributed by atoms with Crippen LogP contribution in [0.1, 0.15) is 43.5 Å². The zero-order valence-electron chi connectivity index (χ0n) is 10.6. The highest BCUT2D eigenvalue weighted by molar-refractivity contribution is 5.80. The SMILES string of the molecule is CC[C@@H](NC(=O)CCC(=O)O)c1ccc(C)cn1. The molecule has 1 aromatic heterocycles. The molecular formula is C13H18N2O3. The van der Waals surface area contributed by atoms with Crippen LogP contribution in [-0.2, 0) is 9.59 Å². The molecule has 0 saturated heterocycles. The number of hydrogen-bond donors (Lipinski definition) is 2. The largest absolute Gasteiger partial charge is 0.481 e. The summed E-state index contributed by atoms with van der Waals surface area (Å²) < 4.78 is 0. The highest BCUT2D eigenvalue weighted by Gasteiger charge is 2.14. The number of carbonyl (C=O) groups is 2. The zero-order valence-corrected chi connectivity index (χ0v) is 10.6. The molecule has 0 radical (unpaired) electrons. The van der Waals surface area contributed by atoms with E-state index in [0.29, 0.717) is 0 Å². The molecule has 0 spiro atoms. The fraction of sp³-hybridized carbons (Fsp3) is 0.462. The molecule has 0 aromatic carbocycles. The lowest BCUT2D eigenvalue weighted by molar-refractivity contribution is -0.138. The van der Waals surface area contributed by atoms with Crippen molar-refractivity contribution in [3.63, 3.8) is 0 Å². The Labute approximate surface area is 106 Å². The Morgan fingerprint density at radius 1 is 1.39 bits per heavy atom. The molecule has 2 N–H and O–H groups in total. The fourth-order valence-electron chi connectivity index (χ4n) is 1.56. The third kappa shape index (κ3) is 4.53. The first-order valence-corrected chi connectivity index (χ1v) is 5.96. The topological polar surface area (TPSA) is 79.3 Å². The van der Waals surface area contributed by atoms with Crippen molar-refractivity contribution in [3.05, 3.63) is 29.6 Å². The van der Waals surface area contributed by atoms with E-state index in [1.54, 1.807) is 6.20 Å². The number of aromatic nitrogens is 1. The van der Waals surface area contributed by atoms with Gasteiger partial charge in [-0.05, 0) is 25.0 Å². The zero-order chi connectivity index (χ0) is 13.5. The predicted octanol–water partition coefficient (Wildman–Crippen LogP) is 1.82. The quantitative estimate of drug-likeness (QED) is 0.807. The summed E-state index contributed by atoms with van der Waals surface area (Å²) in [6, 6.07) is 3.65. The van der Waals surface area contributed by atoms with Crippen LogP contribution in [-0.4, -0.2) is 22.0 Å². The maximum Gasteiger partial charge on any atom is 0.303 e. The Morgan fingerprint density at radius 3 is 2.61 bits per heavy atom. The van der Waals surface area contributed by atoms with E-state index in [1.165, 1.54) is 0 Å². The molecule has 18 heavy (non-hydrogen) atoms. The summed E-state index contributed by atoms with van der Waals surface area (Å²) >= 11 is 0. The molecule has 1 heterocycles. The van der Waals surface area contributed by atoms with E-state index in [9.17, 15) is 9.59 Å². The summed E-state index contributed by atoms with van der Waals surface area (Å²) in [5.74, 6) is -1.22. The number of carboxylic acids is 1. The van der Waals surface area contributed by atoms with E-state index < -0.39 is 5.97 Å². The number of pyridine rings is 1. The molecule has 1 rings (SSSR count). The van der Waals surface area contributed by atoms with Crippen LogP contribution in [0.25, 0.3) is 0 Å². The van der Waals surface area contributed by atoms with Gasteiger partial charge < -0.3 is 10.4 Å². The average molecular weight is 250 g/mol. The van der Waals surface area contributed by atoms with Gasteiger partial charge in [-0.2, -0.15) is 0 Å². The lowest BCUT2D eigenvalue weighted by atomic mass is 10.1. The lowest BCUT2D eigenvalue weighted by Gasteiger charge is -2.16. The van der Waals surface area contributed by atoms with Crippen LogP contribution in [0.5, 0.6) is 0 Å². The van der Waals surface area contributed by atoms with Gasteiger partial charge in [0, 0.05) is 12.6 Å². The molecule has 0 saturated carbocycles. The number of carboxylic acid groups (broad SMARTS) is 1. The molecule has 0 fully saturated rings.